The number of hydrogen-bond donors (Lipinski definition) is 1. The second-order valence-electron chi connectivity index (χ2n) is 8.78. The lowest BCUT2D eigenvalue weighted by Gasteiger charge is -2.36. The molecule has 2 aromatic rings. The van der Waals surface area contributed by atoms with E-state index in [9.17, 15) is 18.0 Å². The average molecular weight is 464 g/mol. The Bertz CT molecular complexity index is 887. The molecule has 2 fully saturated rings. The van der Waals surface area contributed by atoms with Crippen LogP contribution in [0.25, 0.3) is 0 Å². The zero-order valence-electron chi connectivity index (χ0n) is 19.0. The van der Waals surface area contributed by atoms with E-state index in [2.05, 4.69) is 4.90 Å². The van der Waals surface area contributed by atoms with Crippen LogP contribution in [0.15, 0.2) is 42.5 Å². The fraction of sp³-hybridized carbons (Fsp3) is 0.500. The summed E-state index contributed by atoms with van der Waals surface area (Å²) in [6, 6.07) is 12.3. The lowest BCUT2D eigenvalue weighted by Crippen LogP contribution is -2.46. The molecule has 0 spiro atoms. The van der Waals surface area contributed by atoms with Crippen LogP contribution in [0, 0.1) is 5.92 Å². The third kappa shape index (κ3) is 6.81. The number of benzene rings is 2. The second-order valence-corrected chi connectivity index (χ2v) is 8.78. The van der Waals surface area contributed by atoms with Crippen molar-refractivity contribution in [1.29, 1.82) is 0 Å². The van der Waals surface area contributed by atoms with Gasteiger partial charge in [0.2, 0.25) is 0 Å². The van der Waals surface area contributed by atoms with Crippen molar-refractivity contribution >= 4 is 6.29 Å². The molecule has 1 aliphatic carbocycles. The van der Waals surface area contributed by atoms with Gasteiger partial charge in [-0.2, -0.15) is 13.2 Å². The first-order chi connectivity index (χ1) is 15.9. The van der Waals surface area contributed by atoms with E-state index < -0.39 is 11.7 Å². The third-order valence-corrected chi connectivity index (χ3v) is 6.38. The van der Waals surface area contributed by atoms with Crippen molar-refractivity contribution in [2.45, 2.75) is 57.3 Å². The largest absolute Gasteiger partial charge is 0.489 e. The average Bonchev–Trinajstić information content (AvgIpc) is 2.81. The van der Waals surface area contributed by atoms with E-state index in [1.807, 2.05) is 24.3 Å². The molecule has 2 aliphatic rings. The van der Waals surface area contributed by atoms with Crippen LogP contribution >= 0.6 is 0 Å². The molecule has 0 unspecified atom stereocenters. The first kappa shape index (κ1) is 25.2. The van der Waals surface area contributed by atoms with Crippen LogP contribution in [0.1, 0.15) is 60.3 Å². The highest BCUT2D eigenvalue weighted by molar-refractivity contribution is 5.55. The summed E-state index contributed by atoms with van der Waals surface area (Å²) in [6.07, 6.45) is 1.41. The number of ether oxygens (including phenoxy) is 1. The van der Waals surface area contributed by atoms with Crippen molar-refractivity contribution in [3.05, 3.63) is 64.7 Å². The molecule has 4 rings (SSSR count). The van der Waals surface area contributed by atoms with Gasteiger partial charge in [0.05, 0.1) is 5.56 Å². The summed E-state index contributed by atoms with van der Waals surface area (Å²) in [5.41, 5.74) is 1.56. The third-order valence-electron chi connectivity index (χ3n) is 6.38. The lowest BCUT2D eigenvalue weighted by molar-refractivity contribution is -0.138. The quantitative estimate of drug-likeness (QED) is 0.546. The van der Waals surface area contributed by atoms with Gasteiger partial charge >= 0.3 is 6.18 Å². The Balaban J connectivity index is 0.00000149. The van der Waals surface area contributed by atoms with Crippen molar-refractivity contribution in [2.75, 3.05) is 20.2 Å². The Morgan fingerprint density at radius 1 is 1.00 bits per heavy atom. The van der Waals surface area contributed by atoms with Gasteiger partial charge in [0.1, 0.15) is 18.6 Å². The number of carbonyl (C=O) groups is 1. The summed E-state index contributed by atoms with van der Waals surface area (Å²) >= 11 is 0. The summed E-state index contributed by atoms with van der Waals surface area (Å²) in [5.74, 6) is 0.776. The number of aldehydes is 1. The Morgan fingerprint density at radius 2 is 1.64 bits per heavy atom. The highest BCUT2D eigenvalue weighted by Crippen LogP contribution is 2.41. The fourth-order valence-corrected chi connectivity index (χ4v) is 4.65. The van der Waals surface area contributed by atoms with Gasteiger partial charge in [0.15, 0.2) is 0 Å². The van der Waals surface area contributed by atoms with Crippen molar-refractivity contribution < 1.29 is 27.8 Å². The number of rotatable bonds is 7. The minimum atomic E-state index is -4.36. The molecule has 1 heterocycles. The number of halogens is 3. The molecule has 7 heteroatoms. The van der Waals surface area contributed by atoms with Gasteiger partial charge in [-0.25, -0.2) is 0 Å². The normalized spacial score (nSPS) is 17.6. The van der Waals surface area contributed by atoms with Crippen LogP contribution in [-0.4, -0.2) is 36.5 Å². The molecule has 0 bridgehead atoms. The van der Waals surface area contributed by atoms with Crippen LogP contribution in [0.5, 0.6) is 5.75 Å². The molecular weight excluding hydrogens is 431 g/mol. The van der Waals surface area contributed by atoms with E-state index >= 15 is 0 Å². The number of aliphatic hydroxyl groups is 1. The number of likely N-dealkylation sites (tertiary alicyclic amines) is 1. The topological polar surface area (TPSA) is 49.8 Å². The first-order valence-corrected chi connectivity index (χ1v) is 11.5. The van der Waals surface area contributed by atoms with Crippen LogP contribution in [0.3, 0.4) is 0 Å². The maximum Gasteiger partial charge on any atom is 0.416 e. The molecule has 1 aliphatic heterocycles. The minimum absolute atomic E-state index is 0.00102. The van der Waals surface area contributed by atoms with E-state index in [0.717, 1.165) is 70.7 Å². The number of nitrogens with zero attached hydrogens (tertiary/aromatic N) is 1. The Labute approximate surface area is 193 Å². The van der Waals surface area contributed by atoms with Crippen LogP contribution in [0.4, 0.5) is 13.2 Å². The first-order valence-electron chi connectivity index (χ1n) is 11.5. The number of aliphatic hydroxyl groups excluding tert-OH is 1. The SMILES string of the molecule is CO.O=CC1CN(Cc2ccc(OCc3ccc(C4CCCCC4)c(C(F)(F)F)c3)cc2)C1. The maximum atomic E-state index is 13.7. The molecule has 0 radical (unpaired) electrons. The molecule has 33 heavy (non-hydrogen) atoms. The second kappa shape index (κ2) is 11.7. The minimum Gasteiger partial charge on any atom is -0.489 e. The van der Waals surface area contributed by atoms with Gasteiger partial charge < -0.3 is 14.6 Å². The van der Waals surface area contributed by atoms with E-state index in [4.69, 9.17) is 9.84 Å². The molecule has 1 saturated carbocycles. The zero-order valence-corrected chi connectivity index (χ0v) is 19.0. The predicted octanol–water partition coefficient (Wildman–Crippen LogP) is 5.57. The van der Waals surface area contributed by atoms with E-state index in [1.54, 1.807) is 12.1 Å². The monoisotopic (exact) mass is 463 g/mol. The van der Waals surface area contributed by atoms with Crippen molar-refractivity contribution in [1.82, 2.24) is 4.90 Å². The molecule has 0 amide bonds. The van der Waals surface area contributed by atoms with Gasteiger partial charge in [-0.05, 0) is 53.6 Å². The van der Waals surface area contributed by atoms with Crippen LogP contribution < -0.4 is 4.74 Å². The molecule has 0 aromatic heterocycles. The maximum absolute atomic E-state index is 13.7. The standard InChI is InChI=1S/C25H28F3NO2.CH4O/c26-25(27,28)24-12-19(8-11-23(24)21-4-2-1-3-5-21)17-31-22-9-6-18(7-10-22)13-29-14-20(15-29)16-30;1-2/h6-12,16,20-21H,1-5,13-15,17H2;2H,1H3. The number of hydrogen-bond acceptors (Lipinski definition) is 4. The molecule has 1 saturated heterocycles. The summed E-state index contributed by atoms with van der Waals surface area (Å²) in [6.45, 7) is 2.46. The van der Waals surface area contributed by atoms with Crippen molar-refractivity contribution in [3.63, 3.8) is 0 Å². The highest BCUT2D eigenvalue weighted by Gasteiger charge is 2.35. The molecule has 180 valence electrons. The molecule has 2 aromatic carbocycles. The fourth-order valence-electron chi connectivity index (χ4n) is 4.65. The number of carbonyl (C=O) groups excluding carboxylic acids is 1. The summed E-state index contributed by atoms with van der Waals surface area (Å²) < 4.78 is 46.9. The number of alkyl halides is 3. The van der Waals surface area contributed by atoms with E-state index in [0.29, 0.717) is 16.9 Å². The van der Waals surface area contributed by atoms with Crippen LogP contribution in [-0.2, 0) is 24.1 Å². The smallest absolute Gasteiger partial charge is 0.416 e. The Hall–Kier alpha value is -2.38. The zero-order chi connectivity index (χ0) is 23.8. The highest BCUT2D eigenvalue weighted by atomic mass is 19.4. The van der Waals surface area contributed by atoms with Crippen molar-refractivity contribution in [2.24, 2.45) is 5.92 Å². The van der Waals surface area contributed by atoms with Gasteiger partial charge in [-0.1, -0.05) is 43.5 Å². The van der Waals surface area contributed by atoms with Gasteiger partial charge in [0, 0.05) is 32.7 Å². The summed E-state index contributed by atoms with van der Waals surface area (Å²) in [4.78, 5) is 12.9. The van der Waals surface area contributed by atoms with Gasteiger partial charge in [0.25, 0.3) is 0 Å². The Morgan fingerprint density at radius 3 is 2.24 bits per heavy atom. The summed E-state index contributed by atoms with van der Waals surface area (Å²) in [7, 11) is 1.00. The van der Waals surface area contributed by atoms with E-state index in [1.165, 1.54) is 6.07 Å². The van der Waals surface area contributed by atoms with Gasteiger partial charge in [-0.3, -0.25) is 4.90 Å². The molecular formula is C26H32F3NO3. The van der Waals surface area contributed by atoms with Crippen LogP contribution in [0.2, 0.25) is 0 Å². The lowest BCUT2D eigenvalue weighted by atomic mass is 9.81. The van der Waals surface area contributed by atoms with Gasteiger partial charge in [-0.15, -0.1) is 0 Å². The predicted molar refractivity (Wildman–Crippen MR) is 121 cm³/mol. The van der Waals surface area contributed by atoms with Crippen molar-refractivity contribution in [3.8, 4) is 5.75 Å². The molecule has 4 nitrogen and oxygen atoms in total. The molecule has 0 atom stereocenters. The van der Waals surface area contributed by atoms with E-state index in [-0.39, 0.29) is 18.4 Å². The Kier molecular flexibility index (Phi) is 8.92. The molecule has 1 N–H and O–H groups in total. The summed E-state index contributed by atoms with van der Waals surface area (Å²) in [5, 5.41) is 7.00.